The standard InChI is InChI=1S/C12H23N3O3/c1-8-6-15(7-10(8)14(3)4)12(18)13-9(2)5-11(16)17/h8-10H,5-7H2,1-4H3,(H,13,18)(H,16,17). The van der Waals surface area contributed by atoms with Gasteiger partial charge in [-0.1, -0.05) is 6.92 Å². The highest BCUT2D eigenvalue weighted by molar-refractivity contribution is 5.76. The Labute approximate surface area is 108 Å². The van der Waals surface area contributed by atoms with Gasteiger partial charge in [0.15, 0.2) is 0 Å². The SMILES string of the molecule is CC(CC(=O)O)NC(=O)N1CC(C)C(N(C)C)C1. The number of urea groups is 1. The number of rotatable bonds is 4. The third kappa shape index (κ3) is 3.87. The van der Waals surface area contributed by atoms with Crippen LogP contribution in [0.4, 0.5) is 4.79 Å². The first kappa shape index (κ1) is 14.8. The summed E-state index contributed by atoms with van der Waals surface area (Å²) in [5.41, 5.74) is 0. The molecule has 2 amide bonds. The number of hydrogen-bond acceptors (Lipinski definition) is 3. The Hall–Kier alpha value is -1.30. The first-order valence-electron chi connectivity index (χ1n) is 6.25. The van der Waals surface area contributed by atoms with Crippen LogP contribution in [0.2, 0.25) is 0 Å². The van der Waals surface area contributed by atoms with Gasteiger partial charge in [0, 0.05) is 25.2 Å². The third-order valence-corrected chi connectivity index (χ3v) is 3.37. The highest BCUT2D eigenvalue weighted by Crippen LogP contribution is 2.19. The number of nitrogens with zero attached hydrogens (tertiary/aromatic N) is 2. The molecule has 3 unspecified atom stereocenters. The van der Waals surface area contributed by atoms with E-state index in [9.17, 15) is 9.59 Å². The molecule has 0 saturated carbocycles. The van der Waals surface area contributed by atoms with Crippen molar-refractivity contribution < 1.29 is 14.7 Å². The van der Waals surface area contributed by atoms with Crippen molar-refractivity contribution in [2.24, 2.45) is 5.92 Å². The van der Waals surface area contributed by atoms with Crippen LogP contribution < -0.4 is 5.32 Å². The Morgan fingerprint density at radius 2 is 2.06 bits per heavy atom. The van der Waals surface area contributed by atoms with E-state index in [0.717, 1.165) is 0 Å². The van der Waals surface area contributed by atoms with Gasteiger partial charge in [-0.05, 0) is 26.9 Å². The molecule has 6 nitrogen and oxygen atoms in total. The van der Waals surface area contributed by atoms with Crippen molar-refractivity contribution in [2.75, 3.05) is 27.2 Å². The normalized spacial score (nSPS) is 25.3. The molecule has 1 aliphatic rings. The zero-order valence-corrected chi connectivity index (χ0v) is 11.5. The minimum absolute atomic E-state index is 0.0494. The quantitative estimate of drug-likeness (QED) is 0.766. The number of aliphatic carboxylic acids is 1. The van der Waals surface area contributed by atoms with Crippen molar-refractivity contribution in [3.8, 4) is 0 Å². The van der Waals surface area contributed by atoms with E-state index in [4.69, 9.17) is 5.11 Å². The Bertz CT molecular complexity index is 320. The van der Waals surface area contributed by atoms with Crippen LogP contribution in [0.5, 0.6) is 0 Å². The number of likely N-dealkylation sites (N-methyl/N-ethyl adjacent to an activating group) is 1. The number of carbonyl (C=O) groups excluding carboxylic acids is 1. The minimum Gasteiger partial charge on any atom is -0.481 e. The first-order valence-corrected chi connectivity index (χ1v) is 6.25. The van der Waals surface area contributed by atoms with Gasteiger partial charge in [-0.15, -0.1) is 0 Å². The second-order valence-electron chi connectivity index (χ2n) is 5.36. The van der Waals surface area contributed by atoms with E-state index in [2.05, 4.69) is 17.1 Å². The van der Waals surface area contributed by atoms with Crippen LogP contribution in [0.1, 0.15) is 20.3 Å². The molecule has 2 N–H and O–H groups in total. The molecule has 0 bridgehead atoms. The lowest BCUT2D eigenvalue weighted by Crippen LogP contribution is -2.44. The van der Waals surface area contributed by atoms with Crippen molar-refractivity contribution in [3.05, 3.63) is 0 Å². The number of carboxylic acids is 1. The van der Waals surface area contributed by atoms with Gasteiger partial charge in [0.25, 0.3) is 0 Å². The fraction of sp³-hybridized carbons (Fsp3) is 0.833. The molecule has 1 rings (SSSR count). The summed E-state index contributed by atoms with van der Waals surface area (Å²) in [7, 11) is 4.02. The van der Waals surface area contributed by atoms with Gasteiger partial charge in [0.05, 0.1) is 6.42 Å². The van der Waals surface area contributed by atoms with Crippen molar-refractivity contribution in [3.63, 3.8) is 0 Å². The number of likely N-dealkylation sites (tertiary alicyclic amines) is 1. The fourth-order valence-electron chi connectivity index (χ4n) is 2.40. The summed E-state index contributed by atoms with van der Waals surface area (Å²) in [5, 5.41) is 11.4. The molecule has 0 radical (unpaired) electrons. The Kier molecular flexibility index (Phi) is 4.95. The molecule has 0 aromatic rings. The number of nitrogens with one attached hydrogen (secondary N) is 1. The Balaban J connectivity index is 2.47. The largest absolute Gasteiger partial charge is 0.481 e. The van der Waals surface area contributed by atoms with Crippen LogP contribution in [-0.2, 0) is 4.79 Å². The summed E-state index contributed by atoms with van der Waals surface area (Å²) in [6, 6.07) is -0.144. The number of amides is 2. The van der Waals surface area contributed by atoms with E-state index in [-0.39, 0.29) is 18.5 Å². The van der Waals surface area contributed by atoms with E-state index in [1.807, 2.05) is 14.1 Å². The van der Waals surface area contributed by atoms with E-state index in [1.165, 1.54) is 0 Å². The van der Waals surface area contributed by atoms with Crippen molar-refractivity contribution >= 4 is 12.0 Å². The maximum absolute atomic E-state index is 12.0. The van der Waals surface area contributed by atoms with Crippen molar-refractivity contribution in [1.82, 2.24) is 15.1 Å². The summed E-state index contributed by atoms with van der Waals surface area (Å²) in [6.07, 6.45) is -0.0494. The second kappa shape index (κ2) is 6.04. The zero-order valence-electron chi connectivity index (χ0n) is 11.5. The lowest BCUT2D eigenvalue weighted by atomic mass is 10.1. The Morgan fingerprint density at radius 3 is 2.50 bits per heavy atom. The molecule has 3 atom stereocenters. The lowest BCUT2D eigenvalue weighted by Gasteiger charge is -2.23. The fourth-order valence-corrected chi connectivity index (χ4v) is 2.40. The summed E-state index contributed by atoms with van der Waals surface area (Å²) in [5.74, 6) is -0.468. The van der Waals surface area contributed by atoms with Crippen LogP contribution in [0, 0.1) is 5.92 Å². The first-order chi connectivity index (χ1) is 8.31. The van der Waals surface area contributed by atoms with Crippen molar-refractivity contribution in [2.45, 2.75) is 32.4 Å². The monoisotopic (exact) mass is 257 g/mol. The summed E-state index contributed by atoms with van der Waals surface area (Å²) in [6.45, 7) is 5.24. The average molecular weight is 257 g/mol. The summed E-state index contributed by atoms with van der Waals surface area (Å²) in [4.78, 5) is 26.4. The van der Waals surface area contributed by atoms with Gasteiger partial charge in [0.1, 0.15) is 0 Å². The smallest absolute Gasteiger partial charge is 0.317 e. The van der Waals surface area contributed by atoms with E-state index in [0.29, 0.717) is 25.0 Å². The third-order valence-electron chi connectivity index (χ3n) is 3.37. The topological polar surface area (TPSA) is 72.9 Å². The zero-order chi connectivity index (χ0) is 13.9. The second-order valence-corrected chi connectivity index (χ2v) is 5.36. The molecule has 1 fully saturated rings. The van der Waals surface area contributed by atoms with E-state index >= 15 is 0 Å². The number of hydrogen-bond donors (Lipinski definition) is 2. The Morgan fingerprint density at radius 1 is 1.44 bits per heavy atom. The van der Waals surface area contributed by atoms with Gasteiger partial charge >= 0.3 is 12.0 Å². The molecule has 1 aliphatic heterocycles. The van der Waals surface area contributed by atoms with Crippen LogP contribution in [0.25, 0.3) is 0 Å². The van der Waals surface area contributed by atoms with Gasteiger partial charge in [-0.25, -0.2) is 4.79 Å². The molecular weight excluding hydrogens is 234 g/mol. The van der Waals surface area contributed by atoms with Gasteiger partial charge in [0.2, 0.25) is 0 Å². The van der Waals surface area contributed by atoms with Crippen LogP contribution >= 0.6 is 0 Å². The molecule has 104 valence electrons. The number of carbonyl (C=O) groups is 2. The van der Waals surface area contributed by atoms with Gasteiger partial charge < -0.3 is 20.2 Å². The van der Waals surface area contributed by atoms with E-state index < -0.39 is 5.97 Å². The maximum Gasteiger partial charge on any atom is 0.317 e. The summed E-state index contributed by atoms with van der Waals surface area (Å²) < 4.78 is 0. The molecule has 0 aromatic heterocycles. The van der Waals surface area contributed by atoms with Crippen molar-refractivity contribution in [1.29, 1.82) is 0 Å². The minimum atomic E-state index is -0.899. The summed E-state index contributed by atoms with van der Waals surface area (Å²) >= 11 is 0. The van der Waals surface area contributed by atoms with Crippen LogP contribution in [0.15, 0.2) is 0 Å². The lowest BCUT2D eigenvalue weighted by molar-refractivity contribution is -0.137. The predicted molar refractivity (Wildman–Crippen MR) is 68.5 cm³/mol. The molecular formula is C12H23N3O3. The van der Waals surface area contributed by atoms with E-state index in [1.54, 1.807) is 11.8 Å². The predicted octanol–water partition coefficient (Wildman–Crippen LogP) is 0.441. The molecule has 0 spiro atoms. The molecule has 18 heavy (non-hydrogen) atoms. The highest BCUT2D eigenvalue weighted by Gasteiger charge is 2.33. The van der Waals surface area contributed by atoms with Crippen LogP contribution in [0.3, 0.4) is 0 Å². The molecule has 0 aliphatic carbocycles. The number of carboxylic acid groups (broad SMARTS) is 1. The molecule has 1 heterocycles. The molecule has 0 aromatic carbocycles. The van der Waals surface area contributed by atoms with Gasteiger partial charge in [-0.2, -0.15) is 0 Å². The maximum atomic E-state index is 12.0. The molecule has 6 heteroatoms. The average Bonchev–Trinajstić information content (AvgIpc) is 2.58. The highest BCUT2D eigenvalue weighted by atomic mass is 16.4. The van der Waals surface area contributed by atoms with Gasteiger partial charge in [-0.3, -0.25) is 4.79 Å². The molecule has 1 saturated heterocycles. The van der Waals surface area contributed by atoms with Crippen LogP contribution in [-0.4, -0.2) is 66.2 Å².